The molecule has 1 aliphatic carbocycles. The van der Waals surface area contributed by atoms with Gasteiger partial charge in [0.25, 0.3) is 0 Å². The Morgan fingerprint density at radius 3 is 1.79 bits per heavy atom. The molecule has 0 aliphatic heterocycles. The molecule has 0 atom stereocenters. The molecule has 1 aliphatic rings. The largest absolute Gasteiger partial charge is 0.427 e. The maximum atomic E-state index is 13.6. The standard InChI is InChI=1S/C25H29FO2/c1-17(27)28-22-12-8-19(9-13-22)23(18-6-10-21(26)11-7-18)20-14-24(2,3)16-25(4,5)15-20/h6-13H,14-16H2,1-5H3. The Balaban J connectivity index is 2.13. The first-order valence-electron chi connectivity index (χ1n) is 9.82. The Kier molecular flexibility index (Phi) is 5.47. The molecule has 2 nitrogen and oxygen atoms in total. The van der Waals surface area contributed by atoms with E-state index in [1.807, 2.05) is 36.4 Å². The fourth-order valence-electron chi connectivity index (χ4n) is 4.86. The van der Waals surface area contributed by atoms with Crippen LogP contribution in [0.3, 0.4) is 0 Å². The number of rotatable bonds is 3. The zero-order valence-corrected chi connectivity index (χ0v) is 17.4. The van der Waals surface area contributed by atoms with E-state index in [0.29, 0.717) is 5.75 Å². The maximum Gasteiger partial charge on any atom is 0.308 e. The molecule has 0 saturated heterocycles. The monoisotopic (exact) mass is 380 g/mol. The molecular weight excluding hydrogens is 351 g/mol. The predicted octanol–water partition coefficient (Wildman–Crippen LogP) is 6.79. The summed E-state index contributed by atoms with van der Waals surface area (Å²) in [7, 11) is 0. The molecule has 3 heteroatoms. The van der Waals surface area contributed by atoms with Gasteiger partial charge in [0.15, 0.2) is 0 Å². The van der Waals surface area contributed by atoms with E-state index in [0.717, 1.165) is 29.5 Å². The van der Waals surface area contributed by atoms with Crippen LogP contribution in [-0.4, -0.2) is 5.97 Å². The molecule has 0 aromatic heterocycles. The molecule has 148 valence electrons. The zero-order valence-electron chi connectivity index (χ0n) is 17.4. The molecule has 0 heterocycles. The van der Waals surface area contributed by atoms with Gasteiger partial charge < -0.3 is 4.74 Å². The van der Waals surface area contributed by atoms with E-state index < -0.39 is 0 Å². The zero-order chi connectivity index (χ0) is 20.5. The Bertz CT molecular complexity index is 869. The van der Waals surface area contributed by atoms with Crippen LogP contribution in [0.1, 0.15) is 65.0 Å². The van der Waals surface area contributed by atoms with E-state index in [4.69, 9.17) is 4.74 Å². The first-order chi connectivity index (χ1) is 13.0. The molecule has 2 aromatic rings. The smallest absolute Gasteiger partial charge is 0.308 e. The van der Waals surface area contributed by atoms with E-state index in [-0.39, 0.29) is 22.6 Å². The number of hydrogen-bond acceptors (Lipinski definition) is 2. The Labute approximate surface area is 167 Å². The lowest BCUT2D eigenvalue weighted by Crippen LogP contribution is -2.30. The molecule has 1 saturated carbocycles. The molecule has 0 bridgehead atoms. The van der Waals surface area contributed by atoms with Gasteiger partial charge in [0.05, 0.1) is 0 Å². The molecule has 0 radical (unpaired) electrons. The topological polar surface area (TPSA) is 26.3 Å². The summed E-state index contributed by atoms with van der Waals surface area (Å²) in [5.41, 5.74) is 5.06. The van der Waals surface area contributed by atoms with E-state index in [1.54, 1.807) is 0 Å². The summed E-state index contributed by atoms with van der Waals surface area (Å²) in [6.07, 6.45) is 3.19. The van der Waals surface area contributed by atoms with Crippen molar-refractivity contribution in [2.75, 3.05) is 0 Å². The first-order valence-corrected chi connectivity index (χ1v) is 9.82. The molecule has 0 unspecified atom stereocenters. The van der Waals surface area contributed by atoms with Gasteiger partial charge in [0.2, 0.25) is 0 Å². The van der Waals surface area contributed by atoms with Gasteiger partial charge in [-0.3, -0.25) is 4.79 Å². The van der Waals surface area contributed by atoms with Gasteiger partial charge in [0, 0.05) is 6.92 Å². The molecule has 28 heavy (non-hydrogen) atoms. The van der Waals surface area contributed by atoms with Crippen molar-refractivity contribution in [3.8, 4) is 5.75 Å². The second-order valence-corrected chi connectivity index (χ2v) is 9.46. The number of carbonyl (C=O) groups is 1. The lowest BCUT2D eigenvalue weighted by atomic mass is 9.62. The van der Waals surface area contributed by atoms with Crippen molar-refractivity contribution in [1.82, 2.24) is 0 Å². The normalized spacial score (nSPS) is 17.9. The lowest BCUT2D eigenvalue weighted by Gasteiger charge is -2.43. The van der Waals surface area contributed by atoms with E-state index in [2.05, 4.69) is 27.7 Å². The van der Waals surface area contributed by atoms with Gasteiger partial charge in [0.1, 0.15) is 11.6 Å². The molecule has 2 aromatic carbocycles. The maximum absolute atomic E-state index is 13.6. The van der Waals surface area contributed by atoms with Gasteiger partial charge in [-0.1, -0.05) is 57.5 Å². The van der Waals surface area contributed by atoms with E-state index in [9.17, 15) is 9.18 Å². The number of carbonyl (C=O) groups excluding carboxylic acids is 1. The molecule has 1 fully saturated rings. The third kappa shape index (κ3) is 4.89. The van der Waals surface area contributed by atoms with Crippen molar-refractivity contribution in [2.24, 2.45) is 10.8 Å². The van der Waals surface area contributed by atoms with Gasteiger partial charge in [-0.05, 0) is 71.1 Å². The lowest BCUT2D eigenvalue weighted by molar-refractivity contribution is -0.131. The second kappa shape index (κ2) is 7.54. The minimum absolute atomic E-state index is 0.208. The van der Waals surface area contributed by atoms with Crippen LogP contribution in [0.25, 0.3) is 5.57 Å². The summed E-state index contributed by atoms with van der Waals surface area (Å²) in [6, 6.07) is 14.3. The number of hydrogen-bond donors (Lipinski definition) is 0. The molecular formula is C25H29FO2. The first kappa shape index (κ1) is 20.3. The number of ether oxygens (including phenoxy) is 1. The predicted molar refractivity (Wildman–Crippen MR) is 112 cm³/mol. The molecule has 0 spiro atoms. The number of esters is 1. The fraction of sp³-hybridized carbons (Fsp3) is 0.400. The van der Waals surface area contributed by atoms with Crippen LogP contribution in [0.15, 0.2) is 54.1 Å². The Hall–Kier alpha value is -2.42. The van der Waals surface area contributed by atoms with Crippen molar-refractivity contribution in [2.45, 2.75) is 53.9 Å². The van der Waals surface area contributed by atoms with Crippen molar-refractivity contribution in [3.63, 3.8) is 0 Å². The number of halogens is 1. The Morgan fingerprint density at radius 1 is 0.857 bits per heavy atom. The quantitative estimate of drug-likeness (QED) is 0.433. The van der Waals surface area contributed by atoms with Gasteiger partial charge in [-0.25, -0.2) is 4.39 Å². The van der Waals surface area contributed by atoms with Crippen molar-refractivity contribution in [3.05, 3.63) is 71.0 Å². The third-order valence-corrected chi connectivity index (χ3v) is 5.23. The van der Waals surface area contributed by atoms with Crippen LogP contribution >= 0.6 is 0 Å². The van der Waals surface area contributed by atoms with Crippen LogP contribution in [-0.2, 0) is 4.79 Å². The van der Waals surface area contributed by atoms with E-state index >= 15 is 0 Å². The van der Waals surface area contributed by atoms with E-state index in [1.165, 1.54) is 31.1 Å². The minimum Gasteiger partial charge on any atom is -0.427 e. The summed E-state index contributed by atoms with van der Waals surface area (Å²) in [4.78, 5) is 11.2. The van der Waals surface area contributed by atoms with Crippen molar-refractivity contribution >= 4 is 11.5 Å². The van der Waals surface area contributed by atoms with Crippen LogP contribution in [0.4, 0.5) is 4.39 Å². The summed E-state index contributed by atoms with van der Waals surface area (Å²) >= 11 is 0. The second-order valence-electron chi connectivity index (χ2n) is 9.46. The van der Waals surface area contributed by atoms with Gasteiger partial charge >= 0.3 is 5.97 Å². The third-order valence-electron chi connectivity index (χ3n) is 5.23. The highest BCUT2D eigenvalue weighted by Crippen LogP contribution is 2.50. The van der Waals surface area contributed by atoms with Crippen LogP contribution in [0.2, 0.25) is 0 Å². The highest BCUT2D eigenvalue weighted by atomic mass is 19.1. The van der Waals surface area contributed by atoms with Crippen LogP contribution in [0.5, 0.6) is 5.75 Å². The molecule has 0 N–H and O–H groups in total. The summed E-state index contributed by atoms with van der Waals surface area (Å²) in [5.74, 6) is -0.0349. The minimum atomic E-state index is -0.333. The average molecular weight is 381 g/mol. The number of benzene rings is 2. The van der Waals surface area contributed by atoms with Crippen molar-refractivity contribution in [1.29, 1.82) is 0 Å². The SMILES string of the molecule is CC(=O)Oc1ccc(C(=C2CC(C)(C)CC(C)(C)C2)c2ccc(F)cc2)cc1. The highest BCUT2D eigenvalue weighted by molar-refractivity contribution is 5.83. The fourth-order valence-corrected chi connectivity index (χ4v) is 4.86. The number of allylic oxidation sites excluding steroid dienone is 1. The Morgan fingerprint density at radius 2 is 1.32 bits per heavy atom. The average Bonchev–Trinajstić information content (AvgIpc) is 2.55. The summed E-state index contributed by atoms with van der Waals surface area (Å²) < 4.78 is 18.7. The van der Waals surface area contributed by atoms with Crippen molar-refractivity contribution < 1.29 is 13.9 Å². The highest BCUT2D eigenvalue weighted by Gasteiger charge is 2.37. The van der Waals surface area contributed by atoms with Gasteiger partial charge in [-0.15, -0.1) is 0 Å². The summed E-state index contributed by atoms with van der Waals surface area (Å²) in [5, 5.41) is 0. The molecule has 3 rings (SSSR count). The van der Waals surface area contributed by atoms with Gasteiger partial charge in [-0.2, -0.15) is 0 Å². The summed E-state index contributed by atoms with van der Waals surface area (Å²) in [6.45, 7) is 10.7. The molecule has 0 amide bonds. The van der Waals surface area contributed by atoms with Crippen LogP contribution < -0.4 is 4.74 Å². The van der Waals surface area contributed by atoms with Crippen LogP contribution in [0, 0.1) is 16.6 Å².